The van der Waals surface area contributed by atoms with Crippen molar-refractivity contribution in [3.8, 4) is 17.3 Å². The second-order valence-corrected chi connectivity index (χ2v) is 6.69. The predicted molar refractivity (Wildman–Crippen MR) is 114 cm³/mol. The maximum absolute atomic E-state index is 5.32. The average Bonchev–Trinajstić information content (AvgIpc) is 3.54. The van der Waals surface area contributed by atoms with Crippen molar-refractivity contribution in [2.24, 2.45) is 4.99 Å². The lowest BCUT2D eigenvalue weighted by atomic mass is 10.1. The zero-order chi connectivity index (χ0) is 20.8. The third kappa shape index (κ3) is 4.57. The molecule has 154 valence electrons. The number of furan rings is 1. The molecule has 0 aliphatic rings. The van der Waals surface area contributed by atoms with E-state index in [1.807, 2.05) is 42.1 Å². The lowest BCUT2D eigenvalue weighted by molar-refractivity contribution is 0.577. The summed E-state index contributed by atoms with van der Waals surface area (Å²) in [6.07, 6.45) is 5.29. The maximum Gasteiger partial charge on any atom is 0.216 e. The first-order chi connectivity index (χ1) is 14.7. The molecule has 4 aromatic rings. The van der Waals surface area contributed by atoms with Crippen LogP contribution in [0.3, 0.4) is 0 Å². The lowest BCUT2D eigenvalue weighted by Gasteiger charge is -2.18. The van der Waals surface area contributed by atoms with Crippen LogP contribution in [0.1, 0.15) is 31.3 Å². The zero-order valence-electron chi connectivity index (χ0n) is 16.9. The van der Waals surface area contributed by atoms with E-state index < -0.39 is 0 Å². The molecule has 0 saturated heterocycles. The van der Waals surface area contributed by atoms with E-state index in [0.29, 0.717) is 29.9 Å². The average molecular weight is 404 g/mol. The third-order valence-electron chi connectivity index (χ3n) is 4.50. The van der Waals surface area contributed by atoms with E-state index in [1.165, 1.54) is 0 Å². The van der Waals surface area contributed by atoms with Gasteiger partial charge in [-0.1, -0.05) is 12.1 Å². The fourth-order valence-electron chi connectivity index (χ4n) is 3.00. The number of aliphatic imine (C=N–C) groups is 1. The smallest absolute Gasteiger partial charge is 0.216 e. The minimum absolute atomic E-state index is 0.0479. The molecule has 0 amide bonds. The number of guanidine groups is 1. The highest BCUT2D eigenvalue weighted by atomic mass is 16.3. The van der Waals surface area contributed by atoms with Crippen molar-refractivity contribution in [3.05, 3.63) is 72.5 Å². The molecule has 0 aliphatic carbocycles. The first-order valence-electron chi connectivity index (χ1n) is 9.83. The van der Waals surface area contributed by atoms with Crippen LogP contribution < -0.4 is 10.6 Å². The summed E-state index contributed by atoms with van der Waals surface area (Å²) < 4.78 is 7.17. The van der Waals surface area contributed by atoms with Crippen LogP contribution in [0, 0.1) is 0 Å². The van der Waals surface area contributed by atoms with Gasteiger partial charge >= 0.3 is 0 Å². The molecule has 1 aromatic carbocycles. The molecule has 1 atom stereocenters. The van der Waals surface area contributed by atoms with Gasteiger partial charge < -0.3 is 15.1 Å². The summed E-state index contributed by atoms with van der Waals surface area (Å²) in [4.78, 5) is 9.06. The second kappa shape index (κ2) is 9.08. The van der Waals surface area contributed by atoms with E-state index in [4.69, 9.17) is 4.42 Å². The number of benzene rings is 1. The summed E-state index contributed by atoms with van der Waals surface area (Å²) in [5, 5.41) is 18.1. The first kappa shape index (κ1) is 19.4. The molecule has 9 nitrogen and oxygen atoms in total. The van der Waals surface area contributed by atoms with Crippen molar-refractivity contribution in [1.29, 1.82) is 0 Å². The number of hydrogen-bond acceptors (Lipinski definition) is 5. The van der Waals surface area contributed by atoms with Crippen molar-refractivity contribution < 1.29 is 4.42 Å². The first-order valence-corrected chi connectivity index (χ1v) is 9.83. The van der Waals surface area contributed by atoms with E-state index in [-0.39, 0.29) is 6.04 Å². The fourth-order valence-corrected chi connectivity index (χ4v) is 3.00. The Morgan fingerprint density at radius 2 is 2.20 bits per heavy atom. The quantitative estimate of drug-likeness (QED) is 0.323. The Labute approximate surface area is 174 Å². The van der Waals surface area contributed by atoms with E-state index in [9.17, 15) is 0 Å². The minimum atomic E-state index is 0.0479. The summed E-state index contributed by atoms with van der Waals surface area (Å²) in [6, 6.07) is 13.8. The molecule has 0 radical (unpaired) electrons. The van der Waals surface area contributed by atoms with Crippen molar-refractivity contribution in [2.75, 3.05) is 6.54 Å². The summed E-state index contributed by atoms with van der Waals surface area (Å²) in [5.74, 6) is 2.50. The predicted octanol–water partition coefficient (Wildman–Crippen LogP) is 3.07. The number of nitrogens with one attached hydrogen (secondary N) is 3. The molecule has 0 saturated carbocycles. The molecular weight excluding hydrogens is 380 g/mol. The summed E-state index contributed by atoms with van der Waals surface area (Å²) in [5.41, 5.74) is 2.15. The number of nitrogens with zero attached hydrogens (tertiary/aromatic N) is 5. The van der Waals surface area contributed by atoms with Gasteiger partial charge in [0, 0.05) is 18.9 Å². The molecule has 3 heterocycles. The number of aromatic amines is 1. The number of aromatic nitrogens is 5. The Bertz CT molecular complexity index is 1080. The van der Waals surface area contributed by atoms with Gasteiger partial charge in [0.2, 0.25) is 5.82 Å². The minimum Gasteiger partial charge on any atom is -0.461 e. The van der Waals surface area contributed by atoms with E-state index >= 15 is 0 Å². The van der Waals surface area contributed by atoms with Crippen LogP contribution in [0.25, 0.3) is 17.3 Å². The normalized spacial score (nSPS) is 12.7. The molecule has 3 aromatic heterocycles. The Balaban J connectivity index is 1.45. The van der Waals surface area contributed by atoms with Gasteiger partial charge in [-0.3, -0.25) is 5.10 Å². The largest absolute Gasteiger partial charge is 0.461 e. The highest BCUT2D eigenvalue weighted by molar-refractivity contribution is 5.80. The van der Waals surface area contributed by atoms with Gasteiger partial charge in [0.25, 0.3) is 0 Å². The summed E-state index contributed by atoms with van der Waals surface area (Å²) >= 11 is 0. The van der Waals surface area contributed by atoms with Gasteiger partial charge in [0.1, 0.15) is 12.4 Å². The molecule has 30 heavy (non-hydrogen) atoms. The molecule has 0 bridgehead atoms. The van der Waals surface area contributed by atoms with Gasteiger partial charge in [-0.15, -0.1) is 5.10 Å². The molecule has 1 unspecified atom stereocenters. The molecule has 0 fully saturated rings. The standard InChI is InChI=1S/C21H24N8O/c1-3-22-21(23-14-19-26-20(28-27-19)18-9-5-12-30-18)25-15(2)16-7-4-8-17(13-16)29-11-6-10-24-29/h4-13,15H,3,14H2,1-2H3,(H2,22,23,25)(H,26,27,28). The second-order valence-electron chi connectivity index (χ2n) is 6.69. The highest BCUT2D eigenvalue weighted by Crippen LogP contribution is 2.17. The Morgan fingerprint density at radius 1 is 1.27 bits per heavy atom. The van der Waals surface area contributed by atoms with Crippen LogP contribution in [0.4, 0.5) is 0 Å². The number of rotatable bonds is 7. The SMILES string of the molecule is CCNC(=NCc1nc(-c2ccco2)n[nH]1)NC(C)c1cccc(-n2cccn2)c1. The van der Waals surface area contributed by atoms with Gasteiger partial charge in [-0.25, -0.2) is 14.7 Å². The highest BCUT2D eigenvalue weighted by Gasteiger charge is 2.11. The topological polar surface area (TPSA) is 109 Å². The van der Waals surface area contributed by atoms with Crippen LogP contribution in [0.2, 0.25) is 0 Å². The maximum atomic E-state index is 5.32. The van der Waals surface area contributed by atoms with Crippen LogP contribution >= 0.6 is 0 Å². The molecule has 0 aliphatic heterocycles. The van der Waals surface area contributed by atoms with Gasteiger partial charge in [0.15, 0.2) is 11.7 Å². The van der Waals surface area contributed by atoms with E-state index in [1.54, 1.807) is 18.5 Å². The van der Waals surface area contributed by atoms with Crippen molar-refractivity contribution in [1.82, 2.24) is 35.6 Å². The molecule has 4 rings (SSSR count). The lowest BCUT2D eigenvalue weighted by Crippen LogP contribution is -2.38. The van der Waals surface area contributed by atoms with Crippen molar-refractivity contribution >= 4 is 5.96 Å². The van der Waals surface area contributed by atoms with Gasteiger partial charge in [-0.05, 0) is 49.7 Å². The Kier molecular flexibility index (Phi) is 5.88. The van der Waals surface area contributed by atoms with Crippen LogP contribution in [0.5, 0.6) is 0 Å². The van der Waals surface area contributed by atoms with E-state index in [0.717, 1.165) is 17.8 Å². The molecule has 3 N–H and O–H groups in total. The fraction of sp³-hybridized carbons (Fsp3) is 0.238. The van der Waals surface area contributed by atoms with Gasteiger partial charge in [-0.2, -0.15) is 5.10 Å². The van der Waals surface area contributed by atoms with Gasteiger partial charge in [0.05, 0.1) is 18.0 Å². The van der Waals surface area contributed by atoms with Crippen LogP contribution in [0.15, 0.2) is 70.5 Å². The third-order valence-corrected chi connectivity index (χ3v) is 4.50. The molecular formula is C21H24N8O. The molecule has 9 heteroatoms. The number of H-pyrrole nitrogens is 1. The van der Waals surface area contributed by atoms with E-state index in [2.05, 4.69) is 55.0 Å². The zero-order valence-corrected chi connectivity index (χ0v) is 16.9. The summed E-state index contributed by atoms with van der Waals surface area (Å²) in [6.45, 7) is 5.24. The summed E-state index contributed by atoms with van der Waals surface area (Å²) in [7, 11) is 0. The Hall–Kier alpha value is -3.88. The van der Waals surface area contributed by atoms with Crippen LogP contribution in [-0.4, -0.2) is 37.5 Å². The molecule has 0 spiro atoms. The Morgan fingerprint density at radius 3 is 2.97 bits per heavy atom. The number of hydrogen-bond donors (Lipinski definition) is 3. The monoisotopic (exact) mass is 404 g/mol. The van der Waals surface area contributed by atoms with Crippen molar-refractivity contribution in [3.63, 3.8) is 0 Å². The van der Waals surface area contributed by atoms with Crippen LogP contribution in [-0.2, 0) is 6.54 Å². The van der Waals surface area contributed by atoms with Crippen molar-refractivity contribution in [2.45, 2.75) is 26.4 Å².